The number of carbonyl (C=O) groups excluding carboxylic acids is 2. The lowest BCUT2D eigenvalue weighted by Crippen LogP contribution is -2.32. The number of aromatic nitrogens is 1. The number of ketones is 2. The Bertz CT molecular complexity index is 1060. The second-order valence-electron chi connectivity index (χ2n) is 6.96. The number of ether oxygens (including phenoxy) is 1. The number of methoxy groups -OCH3 is 1. The molecule has 1 atom stereocenters. The van der Waals surface area contributed by atoms with Crippen LogP contribution < -0.4 is 4.74 Å². The SMILES string of the molecule is COc1cccc2c1cc1c3c(cncc32)C(=O)C(CCN(C)C)C1=O. The maximum atomic E-state index is 13.2. The molecule has 0 N–H and O–H groups in total. The van der Waals surface area contributed by atoms with Crippen molar-refractivity contribution in [2.24, 2.45) is 5.92 Å². The highest BCUT2D eigenvalue weighted by Crippen LogP contribution is 2.39. The Morgan fingerprint density at radius 3 is 2.54 bits per heavy atom. The van der Waals surface area contributed by atoms with Crippen molar-refractivity contribution in [3.05, 3.63) is 47.8 Å². The third kappa shape index (κ3) is 2.39. The van der Waals surface area contributed by atoms with E-state index >= 15 is 0 Å². The predicted molar refractivity (Wildman–Crippen MR) is 101 cm³/mol. The van der Waals surface area contributed by atoms with Gasteiger partial charge >= 0.3 is 0 Å². The van der Waals surface area contributed by atoms with E-state index in [4.69, 9.17) is 4.74 Å². The number of hydrogen-bond donors (Lipinski definition) is 0. The lowest BCUT2D eigenvalue weighted by molar-refractivity contribution is 0.0788. The molecule has 2 aromatic carbocycles. The van der Waals surface area contributed by atoms with Gasteiger partial charge in [-0.3, -0.25) is 14.6 Å². The lowest BCUT2D eigenvalue weighted by Gasteiger charge is -2.24. The predicted octanol–water partition coefficient (Wildman–Crippen LogP) is 3.34. The summed E-state index contributed by atoms with van der Waals surface area (Å²) < 4.78 is 5.48. The molecule has 5 nitrogen and oxygen atoms in total. The number of benzene rings is 2. The van der Waals surface area contributed by atoms with Crippen LogP contribution in [-0.2, 0) is 0 Å². The quantitative estimate of drug-likeness (QED) is 0.535. The second kappa shape index (κ2) is 6.18. The Morgan fingerprint density at radius 1 is 1.04 bits per heavy atom. The molecule has 1 aliphatic carbocycles. The molecule has 0 radical (unpaired) electrons. The smallest absolute Gasteiger partial charge is 0.175 e. The molecular formula is C21H20N2O3. The van der Waals surface area contributed by atoms with Crippen molar-refractivity contribution in [2.75, 3.05) is 27.7 Å². The number of pyridine rings is 1. The molecule has 1 heterocycles. The Labute approximate surface area is 151 Å². The molecule has 1 aromatic heterocycles. The van der Waals surface area contributed by atoms with Gasteiger partial charge in [-0.05, 0) is 44.6 Å². The lowest BCUT2D eigenvalue weighted by atomic mass is 9.78. The van der Waals surface area contributed by atoms with Crippen molar-refractivity contribution >= 4 is 33.1 Å². The Kier molecular flexibility index (Phi) is 3.96. The summed E-state index contributed by atoms with van der Waals surface area (Å²) in [4.78, 5) is 32.4. The van der Waals surface area contributed by atoms with Crippen LogP contribution in [0.3, 0.4) is 0 Å². The van der Waals surface area contributed by atoms with E-state index < -0.39 is 5.92 Å². The molecular weight excluding hydrogens is 328 g/mol. The highest BCUT2D eigenvalue weighted by atomic mass is 16.5. The fraction of sp³-hybridized carbons (Fsp3) is 0.286. The van der Waals surface area contributed by atoms with Gasteiger partial charge in [-0.1, -0.05) is 12.1 Å². The van der Waals surface area contributed by atoms with Crippen molar-refractivity contribution in [1.82, 2.24) is 9.88 Å². The number of hydrogen-bond acceptors (Lipinski definition) is 5. The molecule has 0 spiro atoms. The van der Waals surface area contributed by atoms with Gasteiger partial charge in [0.1, 0.15) is 5.75 Å². The first-order chi connectivity index (χ1) is 12.5. The van der Waals surface area contributed by atoms with Crippen LogP contribution in [0.2, 0.25) is 0 Å². The maximum absolute atomic E-state index is 13.2. The van der Waals surface area contributed by atoms with Crippen molar-refractivity contribution in [3.63, 3.8) is 0 Å². The summed E-state index contributed by atoms with van der Waals surface area (Å²) in [6.45, 7) is 0.678. The van der Waals surface area contributed by atoms with Gasteiger partial charge in [-0.15, -0.1) is 0 Å². The van der Waals surface area contributed by atoms with E-state index in [2.05, 4.69) is 4.98 Å². The van der Waals surface area contributed by atoms with Crippen molar-refractivity contribution < 1.29 is 14.3 Å². The molecule has 1 aliphatic rings. The fourth-order valence-electron chi connectivity index (χ4n) is 3.80. The van der Waals surface area contributed by atoms with Crippen LogP contribution in [-0.4, -0.2) is 49.2 Å². The maximum Gasteiger partial charge on any atom is 0.175 e. The summed E-state index contributed by atoms with van der Waals surface area (Å²) in [6, 6.07) is 7.62. The van der Waals surface area contributed by atoms with Crippen molar-refractivity contribution in [1.29, 1.82) is 0 Å². The van der Waals surface area contributed by atoms with Gasteiger partial charge in [0.05, 0.1) is 13.0 Å². The van der Waals surface area contributed by atoms with Crippen LogP contribution >= 0.6 is 0 Å². The minimum atomic E-state index is -0.649. The van der Waals surface area contributed by atoms with Crippen molar-refractivity contribution in [2.45, 2.75) is 6.42 Å². The van der Waals surface area contributed by atoms with E-state index in [1.54, 1.807) is 19.5 Å². The zero-order chi connectivity index (χ0) is 18.4. The highest BCUT2D eigenvalue weighted by Gasteiger charge is 2.36. The van der Waals surface area contributed by atoms with Crippen LogP contribution in [0.15, 0.2) is 36.7 Å². The molecule has 26 heavy (non-hydrogen) atoms. The van der Waals surface area contributed by atoms with E-state index in [9.17, 15) is 9.59 Å². The Hall–Kier alpha value is -2.79. The first kappa shape index (κ1) is 16.7. The molecule has 0 aliphatic heterocycles. The normalized spacial score (nSPS) is 16.7. The molecule has 0 saturated heterocycles. The van der Waals surface area contributed by atoms with Crippen LogP contribution in [0.5, 0.6) is 5.75 Å². The fourth-order valence-corrected chi connectivity index (χ4v) is 3.80. The van der Waals surface area contributed by atoms with Gasteiger partial charge in [0.15, 0.2) is 11.6 Å². The second-order valence-corrected chi connectivity index (χ2v) is 6.96. The van der Waals surface area contributed by atoms with Gasteiger partial charge < -0.3 is 9.64 Å². The van der Waals surface area contributed by atoms with E-state index in [1.807, 2.05) is 43.3 Å². The number of rotatable bonds is 4. The first-order valence-corrected chi connectivity index (χ1v) is 8.63. The molecule has 0 saturated carbocycles. The molecule has 0 fully saturated rings. The van der Waals surface area contributed by atoms with Crippen molar-refractivity contribution in [3.8, 4) is 5.75 Å². The number of fused-ring (bicyclic) bond motifs is 2. The highest BCUT2D eigenvalue weighted by molar-refractivity contribution is 6.32. The van der Waals surface area contributed by atoms with Gasteiger partial charge in [0, 0.05) is 39.7 Å². The first-order valence-electron chi connectivity index (χ1n) is 8.63. The third-order valence-electron chi connectivity index (χ3n) is 5.11. The molecule has 132 valence electrons. The van der Waals surface area contributed by atoms with Gasteiger partial charge in [-0.2, -0.15) is 0 Å². The zero-order valence-corrected chi connectivity index (χ0v) is 15.1. The van der Waals surface area contributed by atoms with Crippen LogP contribution in [0.25, 0.3) is 21.5 Å². The summed E-state index contributed by atoms with van der Waals surface area (Å²) in [5.74, 6) is -0.164. The topological polar surface area (TPSA) is 59.5 Å². The summed E-state index contributed by atoms with van der Waals surface area (Å²) in [5, 5.41) is 3.34. The zero-order valence-electron chi connectivity index (χ0n) is 15.1. The van der Waals surface area contributed by atoms with E-state index in [1.165, 1.54) is 0 Å². The van der Waals surface area contributed by atoms with Crippen LogP contribution in [0.1, 0.15) is 27.1 Å². The van der Waals surface area contributed by atoms with Crippen LogP contribution in [0, 0.1) is 5.92 Å². The molecule has 5 heteroatoms. The Balaban J connectivity index is 2.01. The molecule has 0 amide bonds. The summed E-state index contributed by atoms with van der Waals surface area (Å²) >= 11 is 0. The molecule has 4 rings (SSSR count). The van der Waals surface area contributed by atoms with Gasteiger partial charge in [0.25, 0.3) is 0 Å². The van der Waals surface area contributed by atoms with Gasteiger partial charge in [-0.25, -0.2) is 0 Å². The van der Waals surface area contributed by atoms with Gasteiger partial charge in [0.2, 0.25) is 0 Å². The summed E-state index contributed by atoms with van der Waals surface area (Å²) in [5.41, 5.74) is 1.14. The number of Topliss-reactive ketones (excluding diaryl/α,β-unsaturated/α-hetero) is 2. The molecule has 0 bridgehead atoms. The standard InChI is InChI=1S/C21H20N2O3/c1-23(2)8-7-13-20(24)15-9-14-12(5-4-6-18(14)26-3)16-10-22-11-17(19(15)16)21(13)25/h4-6,9-11,13H,7-8H2,1-3H3. The van der Waals surface area contributed by atoms with E-state index in [-0.39, 0.29) is 11.6 Å². The number of carbonyl (C=O) groups is 2. The monoisotopic (exact) mass is 348 g/mol. The average molecular weight is 348 g/mol. The van der Waals surface area contributed by atoms with E-state index in [0.29, 0.717) is 29.8 Å². The molecule has 1 unspecified atom stereocenters. The minimum absolute atomic E-state index is 0.103. The number of nitrogens with zero attached hydrogens (tertiary/aromatic N) is 2. The summed E-state index contributed by atoms with van der Waals surface area (Å²) in [6.07, 6.45) is 3.82. The van der Waals surface area contributed by atoms with Crippen LogP contribution in [0.4, 0.5) is 0 Å². The molecule has 3 aromatic rings. The average Bonchev–Trinajstić information content (AvgIpc) is 2.64. The summed E-state index contributed by atoms with van der Waals surface area (Å²) in [7, 11) is 5.49. The largest absolute Gasteiger partial charge is 0.496 e. The minimum Gasteiger partial charge on any atom is -0.496 e. The van der Waals surface area contributed by atoms with E-state index in [0.717, 1.165) is 21.5 Å². The Morgan fingerprint density at radius 2 is 1.81 bits per heavy atom. The third-order valence-corrected chi connectivity index (χ3v) is 5.11.